The van der Waals surface area contributed by atoms with Crippen LogP contribution in [0.4, 0.5) is 4.79 Å². The highest BCUT2D eigenvalue weighted by Crippen LogP contribution is 2.46. The number of amides is 1. The Morgan fingerprint density at radius 1 is 1.41 bits per heavy atom. The zero-order valence-corrected chi connectivity index (χ0v) is 10.6. The number of carbonyl (C=O) groups is 2. The van der Waals surface area contributed by atoms with Crippen LogP contribution in [0.2, 0.25) is 0 Å². The summed E-state index contributed by atoms with van der Waals surface area (Å²) in [5.41, 5.74) is 4.81. The second kappa shape index (κ2) is 7.21. The van der Waals surface area contributed by atoms with E-state index in [1.807, 2.05) is 0 Å². The van der Waals surface area contributed by atoms with Crippen molar-refractivity contribution in [2.45, 2.75) is 12.5 Å². The zero-order valence-electron chi connectivity index (χ0n) is 9.75. The average molecular weight is 265 g/mol. The quantitative estimate of drug-likeness (QED) is 0.520. The molecule has 0 bridgehead atoms. The molecule has 0 aliphatic rings. The van der Waals surface area contributed by atoms with Crippen LogP contribution in [-0.4, -0.2) is 38.4 Å². The third-order valence-electron chi connectivity index (χ3n) is 1.90. The first-order valence-corrected chi connectivity index (χ1v) is 6.41. The average Bonchev–Trinajstić information content (AvgIpc) is 2.27. The maximum Gasteiger partial charge on any atom is 0.405 e. The van der Waals surface area contributed by atoms with Crippen molar-refractivity contribution in [3.8, 4) is 0 Å². The maximum atomic E-state index is 11.7. The molecule has 0 aliphatic heterocycles. The summed E-state index contributed by atoms with van der Waals surface area (Å²) in [6.45, 7) is 3.41. The fourth-order valence-electron chi connectivity index (χ4n) is 1.03. The van der Waals surface area contributed by atoms with Gasteiger partial charge in [-0.25, -0.2) is 4.79 Å². The summed E-state index contributed by atoms with van der Waals surface area (Å²) in [6, 6.07) is 0. The highest BCUT2D eigenvalue weighted by atomic mass is 31.2. The van der Waals surface area contributed by atoms with Crippen LogP contribution < -0.4 is 5.73 Å². The Kier molecular flexibility index (Phi) is 6.72. The summed E-state index contributed by atoms with van der Waals surface area (Å²) in [4.78, 5) is 22.3. The third kappa shape index (κ3) is 5.63. The van der Waals surface area contributed by atoms with Crippen molar-refractivity contribution in [1.82, 2.24) is 0 Å². The number of Topliss-reactive ketones (excluding diaryl/α,β-unsaturated/α-hetero) is 1. The topological polar surface area (TPSA) is 105 Å². The molecular formula is C9H16NO6P. The van der Waals surface area contributed by atoms with Gasteiger partial charge in [0.1, 0.15) is 6.16 Å². The van der Waals surface area contributed by atoms with Crippen molar-refractivity contribution < 1.29 is 27.9 Å². The van der Waals surface area contributed by atoms with E-state index in [1.54, 1.807) is 0 Å². The lowest BCUT2D eigenvalue weighted by Crippen LogP contribution is -2.31. The van der Waals surface area contributed by atoms with Gasteiger partial charge in [0.2, 0.25) is 0 Å². The predicted molar refractivity (Wildman–Crippen MR) is 60.8 cm³/mol. The van der Waals surface area contributed by atoms with E-state index in [9.17, 15) is 14.2 Å². The van der Waals surface area contributed by atoms with Crippen LogP contribution in [0, 0.1) is 0 Å². The van der Waals surface area contributed by atoms with Gasteiger partial charge in [-0.15, -0.1) is 6.58 Å². The molecule has 0 aromatic carbocycles. The van der Waals surface area contributed by atoms with Gasteiger partial charge in [0.05, 0.1) is 0 Å². The predicted octanol–water partition coefficient (Wildman–Crippen LogP) is 1.08. The third-order valence-corrected chi connectivity index (χ3v) is 3.72. The van der Waals surface area contributed by atoms with E-state index in [-0.39, 0.29) is 6.42 Å². The minimum absolute atomic E-state index is 0.0786. The summed E-state index contributed by atoms with van der Waals surface area (Å²) in [6.07, 6.45) is -1.24. The summed E-state index contributed by atoms with van der Waals surface area (Å²) in [7, 11) is -1.15. The van der Waals surface area contributed by atoms with Crippen LogP contribution in [-0.2, 0) is 23.1 Å². The van der Waals surface area contributed by atoms with Gasteiger partial charge in [0.15, 0.2) is 11.9 Å². The van der Waals surface area contributed by atoms with Crippen molar-refractivity contribution in [1.29, 1.82) is 0 Å². The largest absolute Gasteiger partial charge is 0.438 e. The van der Waals surface area contributed by atoms with Gasteiger partial charge in [-0.1, -0.05) is 6.08 Å². The number of carbonyl (C=O) groups excluding carboxylic acids is 2. The van der Waals surface area contributed by atoms with Crippen molar-refractivity contribution in [2.24, 2.45) is 5.73 Å². The van der Waals surface area contributed by atoms with Crippen molar-refractivity contribution in [3.05, 3.63) is 12.7 Å². The Labute approximate surface area is 99.4 Å². The summed E-state index contributed by atoms with van der Waals surface area (Å²) < 4.78 is 25.5. The standard InChI is InChI=1S/C9H16NO6P/c1-4-5-8(16-9(10)12)7(11)6-17(13,14-2)15-3/h4,8H,1,5-6H2,2-3H3,(H2,10,12)/t8-/m0/s1. The van der Waals surface area contributed by atoms with E-state index in [1.165, 1.54) is 6.08 Å². The number of rotatable bonds is 8. The lowest BCUT2D eigenvalue weighted by molar-refractivity contribution is -0.124. The Hall–Kier alpha value is -1.17. The molecule has 7 nitrogen and oxygen atoms in total. The molecule has 0 saturated heterocycles. The lowest BCUT2D eigenvalue weighted by atomic mass is 10.2. The van der Waals surface area contributed by atoms with E-state index >= 15 is 0 Å². The van der Waals surface area contributed by atoms with Gasteiger partial charge in [-0.05, 0) is 0 Å². The minimum atomic E-state index is -3.47. The van der Waals surface area contributed by atoms with Crippen LogP contribution in [0.25, 0.3) is 0 Å². The molecule has 1 atom stereocenters. The Morgan fingerprint density at radius 2 is 1.94 bits per heavy atom. The first kappa shape index (κ1) is 15.8. The Balaban J connectivity index is 4.67. The monoisotopic (exact) mass is 265 g/mol. The van der Waals surface area contributed by atoms with E-state index < -0.39 is 31.7 Å². The molecule has 0 fully saturated rings. The first-order valence-electron chi connectivity index (χ1n) is 4.68. The molecule has 0 radical (unpaired) electrons. The number of hydrogen-bond donors (Lipinski definition) is 1. The van der Waals surface area contributed by atoms with Crippen molar-refractivity contribution in [2.75, 3.05) is 20.4 Å². The number of ether oxygens (including phenoxy) is 1. The first-order chi connectivity index (χ1) is 7.88. The van der Waals surface area contributed by atoms with Crippen molar-refractivity contribution >= 4 is 19.5 Å². The molecule has 0 saturated carbocycles. The molecule has 2 N–H and O–H groups in total. The SMILES string of the molecule is C=CC[C@H](OC(N)=O)C(=O)CP(=O)(OC)OC. The smallest absolute Gasteiger partial charge is 0.405 e. The van der Waals surface area contributed by atoms with E-state index in [2.05, 4.69) is 20.4 Å². The molecule has 0 aromatic rings. The zero-order chi connectivity index (χ0) is 13.5. The van der Waals surface area contributed by atoms with Gasteiger partial charge < -0.3 is 19.5 Å². The summed E-state index contributed by atoms with van der Waals surface area (Å²) in [5.74, 6) is -0.601. The maximum absolute atomic E-state index is 11.7. The van der Waals surface area contributed by atoms with Crippen LogP contribution in [0.15, 0.2) is 12.7 Å². The van der Waals surface area contributed by atoms with Crippen LogP contribution in [0.5, 0.6) is 0 Å². The van der Waals surface area contributed by atoms with Crippen LogP contribution in [0.1, 0.15) is 6.42 Å². The molecule has 0 aromatic heterocycles. The van der Waals surface area contributed by atoms with E-state index in [0.717, 1.165) is 14.2 Å². The fourth-order valence-corrected chi connectivity index (χ4v) is 2.03. The molecule has 0 aliphatic carbocycles. The number of primary amides is 1. The van der Waals surface area contributed by atoms with Crippen LogP contribution >= 0.6 is 7.60 Å². The minimum Gasteiger partial charge on any atom is -0.438 e. The van der Waals surface area contributed by atoms with Gasteiger partial charge >= 0.3 is 13.7 Å². The lowest BCUT2D eigenvalue weighted by Gasteiger charge is -2.17. The molecule has 0 heterocycles. The second-order valence-electron chi connectivity index (χ2n) is 3.05. The molecule has 17 heavy (non-hydrogen) atoms. The highest BCUT2D eigenvalue weighted by molar-refractivity contribution is 7.54. The fraction of sp³-hybridized carbons (Fsp3) is 0.556. The summed E-state index contributed by atoms with van der Waals surface area (Å²) >= 11 is 0. The van der Waals surface area contributed by atoms with Gasteiger partial charge in [0.25, 0.3) is 0 Å². The van der Waals surface area contributed by atoms with Gasteiger partial charge in [-0.2, -0.15) is 0 Å². The highest BCUT2D eigenvalue weighted by Gasteiger charge is 2.31. The van der Waals surface area contributed by atoms with E-state index in [4.69, 9.17) is 5.73 Å². The second-order valence-corrected chi connectivity index (χ2v) is 5.32. The van der Waals surface area contributed by atoms with Gasteiger partial charge in [0, 0.05) is 20.6 Å². The molecule has 98 valence electrons. The normalized spacial score (nSPS) is 12.8. The van der Waals surface area contributed by atoms with Crippen molar-refractivity contribution in [3.63, 3.8) is 0 Å². The Bertz CT molecular complexity index is 334. The Morgan fingerprint density at radius 3 is 2.29 bits per heavy atom. The molecule has 0 spiro atoms. The molecule has 8 heteroatoms. The number of hydrogen-bond acceptors (Lipinski definition) is 6. The molecule has 0 rings (SSSR count). The molecular weight excluding hydrogens is 249 g/mol. The molecule has 1 amide bonds. The number of nitrogens with two attached hydrogens (primary N) is 1. The molecule has 0 unspecified atom stereocenters. The van der Waals surface area contributed by atoms with Gasteiger partial charge in [-0.3, -0.25) is 9.36 Å². The summed E-state index contributed by atoms with van der Waals surface area (Å²) in [5, 5.41) is 0. The van der Waals surface area contributed by atoms with E-state index in [0.29, 0.717) is 0 Å². The number of ketones is 1. The van der Waals surface area contributed by atoms with Crippen LogP contribution in [0.3, 0.4) is 0 Å².